The molecule has 100 valence electrons. The van der Waals surface area contributed by atoms with Gasteiger partial charge >= 0.3 is 0 Å². The summed E-state index contributed by atoms with van der Waals surface area (Å²) < 4.78 is 26.9. The number of nitrogens with two attached hydrogens (primary N) is 1. The van der Waals surface area contributed by atoms with Crippen molar-refractivity contribution in [3.05, 3.63) is 46.3 Å². The van der Waals surface area contributed by atoms with Crippen molar-refractivity contribution in [2.24, 2.45) is 5.73 Å². The fourth-order valence-electron chi connectivity index (χ4n) is 1.42. The number of thiophene rings is 1. The number of benzene rings is 1. The van der Waals surface area contributed by atoms with E-state index in [2.05, 4.69) is 4.72 Å². The van der Waals surface area contributed by atoms with Gasteiger partial charge in [-0.25, -0.2) is 8.42 Å². The summed E-state index contributed by atoms with van der Waals surface area (Å²) in [6, 6.07) is 8.99. The van der Waals surface area contributed by atoms with E-state index in [0.717, 1.165) is 11.3 Å². The lowest BCUT2D eigenvalue weighted by atomic mass is 10.2. The highest BCUT2D eigenvalue weighted by Gasteiger charge is 2.19. The number of carbonyl (C=O) groups excluding carboxylic acids is 1. The van der Waals surface area contributed by atoms with Crippen molar-refractivity contribution in [1.82, 2.24) is 0 Å². The molecule has 0 aliphatic heterocycles. The molecule has 1 aromatic heterocycles. The first-order valence-corrected chi connectivity index (χ1v) is 7.75. The maximum absolute atomic E-state index is 12.1. The van der Waals surface area contributed by atoms with Gasteiger partial charge in [-0.2, -0.15) is 0 Å². The van der Waals surface area contributed by atoms with Crippen LogP contribution in [-0.4, -0.2) is 14.3 Å². The maximum atomic E-state index is 12.1. The Morgan fingerprint density at radius 3 is 2.47 bits per heavy atom. The van der Waals surface area contributed by atoms with E-state index in [9.17, 15) is 13.2 Å². The fraction of sp³-hybridized carbons (Fsp3) is 0. The molecule has 8 heteroatoms. The molecule has 0 spiro atoms. The number of hydrogen-bond acceptors (Lipinski definition) is 4. The third kappa shape index (κ3) is 3.06. The van der Waals surface area contributed by atoms with Crippen LogP contribution in [-0.2, 0) is 10.0 Å². The van der Waals surface area contributed by atoms with Crippen molar-refractivity contribution in [3.63, 3.8) is 0 Å². The minimum Gasteiger partial charge on any atom is -0.366 e. The van der Waals surface area contributed by atoms with Gasteiger partial charge in [-0.15, -0.1) is 11.3 Å². The number of para-hydroxylation sites is 1. The van der Waals surface area contributed by atoms with Crippen LogP contribution >= 0.6 is 22.9 Å². The second kappa shape index (κ2) is 5.20. The van der Waals surface area contributed by atoms with Gasteiger partial charge in [0.15, 0.2) is 0 Å². The number of halogens is 1. The van der Waals surface area contributed by atoms with Crippen molar-refractivity contribution in [1.29, 1.82) is 0 Å². The fourth-order valence-corrected chi connectivity index (χ4v) is 3.99. The summed E-state index contributed by atoms with van der Waals surface area (Å²) in [6.07, 6.45) is 0. The molecule has 1 heterocycles. The molecule has 19 heavy (non-hydrogen) atoms. The molecule has 3 N–H and O–H groups in total. The molecule has 0 fully saturated rings. The van der Waals surface area contributed by atoms with E-state index in [-0.39, 0.29) is 15.5 Å². The summed E-state index contributed by atoms with van der Waals surface area (Å²) in [5.41, 5.74) is 5.43. The van der Waals surface area contributed by atoms with Crippen molar-refractivity contribution >= 4 is 44.6 Å². The Labute approximate surface area is 119 Å². The number of sulfonamides is 1. The molecule has 0 aliphatic rings. The first-order valence-electron chi connectivity index (χ1n) is 5.07. The van der Waals surface area contributed by atoms with E-state index in [1.165, 1.54) is 24.3 Å². The third-order valence-corrected chi connectivity index (χ3v) is 5.34. The van der Waals surface area contributed by atoms with Crippen LogP contribution in [0.15, 0.2) is 40.6 Å². The van der Waals surface area contributed by atoms with Gasteiger partial charge in [0.05, 0.1) is 15.6 Å². The topological polar surface area (TPSA) is 89.3 Å². The van der Waals surface area contributed by atoms with E-state index < -0.39 is 15.9 Å². The Kier molecular flexibility index (Phi) is 3.79. The lowest BCUT2D eigenvalue weighted by molar-refractivity contribution is 0.100. The summed E-state index contributed by atoms with van der Waals surface area (Å²) in [6.45, 7) is 0. The molecule has 0 unspecified atom stereocenters. The molecule has 1 aromatic carbocycles. The first-order chi connectivity index (χ1) is 8.90. The van der Waals surface area contributed by atoms with Crippen LogP contribution < -0.4 is 10.5 Å². The molecule has 0 bridgehead atoms. The Morgan fingerprint density at radius 2 is 1.89 bits per heavy atom. The predicted molar refractivity (Wildman–Crippen MR) is 75.1 cm³/mol. The van der Waals surface area contributed by atoms with Gasteiger partial charge in [0, 0.05) is 0 Å². The van der Waals surface area contributed by atoms with Crippen LogP contribution in [0.5, 0.6) is 0 Å². The molecule has 0 aliphatic carbocycles. The van der Waals surface area contributed by atoms with Crippen molar-refractivity contribution < 1.29 is 13.2 Å². The Bertz CT molecular complexity index is 725. The van der Waals surface area contributed by atoms with E-state index in [4.69, 9.17) is 17.3 Å². The number of carbonyl (C=O) groups is 1. The zero-order valence-electron chi connectivity index (χ0n) is 9.46. The second-order valence-electron chi connectivity index (χ2n) is 3.57. The van der Waals surface area contributed by atoms with E-state index in [0.29, 0.717) is 4.34 Å². The van der Waals surface area contributed by atoms with Gasteiger partial charge in [-0.1, -0.05) is 23.7 Å². The quantitative estimate of drug-likeness (QED) is 0.907. The minimum atomic E-state index is -3.77. The van der Waals surface area contributed by atoms with Gasteiger partial charge < -0.3 is 5.73 Å². The summed E-state index contributed by atoms with van der Waals surface area (Å²) in [7, 11) is -3.77. The summed E-state index contributed by atoms with van der Waals surface area (Å²) in [5, 5.41) is 0. The molecule has 1 amide bonds. The van der Waals surface area contributed by atoms with E-state index >= 15 is 0 Å². The monoisotopic (exact) mass is 316 g/mol. The molecule has 0 atom stereocenters. The molecule has 5 nitrogen and oxygen atoms in total. The molecular formula is C11H9ClN2O3S2. The van der Waals surface area contributed by atoms with E-state index in [1.54, 1.807) is 12.1 Å². The van der Waals surface area contributed by atoms with Gasteiger partial charge in [0.1, 0.15) is 4.21 Å². The first kappa shape index (κ1) is 13.9. The van der Waals surface area contributed by atoms with Crippen molar-refractivity contribution in [3.8, 4) is 0 Å². The summed E-state index contributed by atoms with van der Waals surface area (Å²) in [4.78, 5) is 11.2. The summed E-state index contributed by atoms with van der Waals surface area (Å²) in [5.74, 6) is -0.706. The van der Waals surface area contributed by atoms with Crippen molar-refractivity contribution in [2.75, 3.05) is 4.72 Å². The molecule has 0 radical (unpaired) electrons. The zero-order valence-corrected chi connectivity index (χ0v) is 11.8. The number of anilines is 1. The molecule has 0 saturated carbocycles. The van der Waals surface area contributed by atoms with Crippen LogP contribution in [0.4, 0.5) is 5.69 Å². The number of nitrogens with one attached hydrogen (secondary N) is 1. The van der Waals surface area contributed by atoms with Gasteiger partial charge in [-0.05, 0) is 24.3 Å². The van der Waals surface area contributed by atoms with Crippen LogP contribution in [0.25, 0.3) is 0 Å². The standard InChI is InChI=1S/C11H9ClN2O3S2/c12-9-5-6-10(18-9)19(16,17)14-8-4-2-1-3-7(8)11(13)15/h1-6,14H,(H2,13,15). The lowest BCUT2D eigenvalue weighted by Gasteiger charge is -2.09. The SMILES string of the molecule is NC(=O)c1ccccc1NS(=O)(=O)c1ccc(Cl)s1. The largest absolute Gasteiger partial charge is 0.366 e. The van der Waals surface area contributed by atoms with Gasteiger partial charge in [-0.3, -0.25) is 9.52 Å². The molecule has 2 rings (SSSR count). The highest BCUT2D eigenvalue weighted by Crippen LogP contribution is 2.28. The number of primary amides is 1. The third-order valence-electron chi connectivity index (χ3n) is 2.25. The number of amides is 1. The van der Waals surface area contributed by atoms with Crippen LogP contribution in [0.2, 0.25) is 4.34 Å². The average molecular weight is 317 g/mol. The normalized spacial score (nSPS) is 11.2. The van der Waals surface area contributed by atoms with Crippen molar-refractivity contribution in [2.45, 2.75) is 4.21 Å². The number of rotatable bonds is 4. The second-order valence-corrected chi connectivity index (χ2v) is 7.20. The Balaban J connectivity index is 2.39. The van der Waals surface area contributed by atoms with Crippen LogP contribution in [0.3, 0.4) is 0 Å². The maximum Gasteiger partial charge on any atom is 0.271 e. The number of hydrogen-bond donors (Lipinski definition) is 2. The van der Waals surface area contributed by atoms with Gasteiger partial charge in [0.25, 0.3) is 15.9 Å². The van der Waals surface area contributed by atoms with E-state index in [1.807, 2.05) is 0 Å². The highest BCUT2D eigenvalue weighted by molar-refractivity contribution is 7.94. The highest BCUT2D eigenvalue weighted by atomic mass is 35.5. The van der Waals surface area contributed by atoms with Crippen LogP contribution in [0, 0.1) is 0 Å². The summed E-state index contributed by atoms with van der Waals surface area (Å²) >= 11 is 6.63. The average Bonchev–Trinajstić information content (AvgIpc) is 2.76. The predicted octanol–water partition coefficient (Wildman–Crippen LogP) is 2.30. The lowest BCUT2D eigenvalue weighted by Crippen LogP contribution is -2.17. The molecule has 0 saturated heterocycles. The molecular weight excluding hydrogens is 308 g/mol. The minimum absolute atomic E-state index is 0.0665. The van der Waals surface area contributed by atoms with Crippen LogP contribution in [0.1, 0.15) is 10.4 Å². The zero-order chi connectivity index (χ0) is 14.0. The van der Waals surface area contributed by atoms with Gasteiger partial charge in [0.2, 0.25) is 0 Å². The Morgan fingerprint density at radius 1 is 1.21 bits per heavy atom. The smallest absolute Gasteiger partial charge is 0.271 e. The molecule has 2 aromatic rings. The Hall–Kier alpha value is -1.57.